The largest absolute Gasteiger partial charge is 0.368 e. The van der Waals surface area contributed by atoms with Crippen molar-refractivity contribution in [2.24, 2.45) is 0 Å². The summed E-state index contributed by atoms with van der Waals surface area (Å²) in [7, 11) is 0. The van der Waals surface area contributed by atoms with Crippen LogP contribution in [0.2, 0.25) is 10.0 Å². The molecule has 1 unspecified atom stereocenters. The van der Waals surface area contributed by atoms with E-state index in [0.717, 1.165) is 12.0 Å². The number of hydrazine groups is 1. The van der Waals surface area contributed by atoms with Crippen LogP contribution in [0.25, 0.3) is 0 Å². The van der Waals surface area contributed by atoms with Crippen LogP contribution in [0.3, 0.4) is 0 Å². The van der Waals surface area contributed by atoms with Crippen LogP contribution in [-0.2, 0) is 16.0 Å². The average molecular weight is 346 g/mol. The second-order valence-corrected chi connectivity index (χ2v) is 5.77. The molecule has 8 heteroatoms. The Morgan fingerprint density at radius 3 is 2.55 bits per heavy atom. The summed E-state index contributed by atoms with van der Waals surface area (Å²) in [6.07, 6.45) is 1.62. The molecule has 0 aromatic heterocycles. The zero-order valence-electron chi connectivity index (χ0n) is 11.8. The monoisotopic (exact) mass is 345 g/mol. The van der Waals surface area contributed by atoms with Crippen LogP contribution in [0.5, 0.6) is 0 Å². The Balaban J connectivity index is 1.66. The van der Waals surface area contributed by atoms with Crippen molar-refractivity contribution in [1.29, 1.82) is 0 Å². The molecule has 0 radical (unpaired) electrons. The van der Waals surface area contributed by atoms with E-state index in [9.17, 15) is 9.59 Å². The van der Waals surface area contributed by atoms with Gasteiger partial charge in [-0.05, 0) is 43.0 Å². The molecule has 0 saturated carbocycles. The van der Waals surface area contributed by atoms with Gasteiger partial charge in [0.1, 0.15) is 6.10 Å². The van der Waals surface area contributed by atoms with Gasteiger partial charge in [0, 0.05) is 23.2 Å². The first-order valence-corrected chi connectivity index (χ1v) is 7.70. The summed E-state index contributed by atoms with van der Waals surface area (Å²) in [6.45, 7) is 0.963. The van der Waals surface area contributed by atoms with Gasteiger partial charge in [0.05, 0.1) is 0 Å². The number of carbonyl (C=O) groups is 2. The Kier molecular flexibility index (Phi) is 6.30. The zero-order chi connectivity index (χ0) is 15.9. The Morgan fingerprint density at radius 2 is 1.91 bits per heavy atom. The van der Waals surface area contributed by atoms with Crippen molar-refractivity contribution in [2.75, 3.05) is 13.2 Å². The van der Waals surface area contributed by atoms with Gasteiger partial charge in [0.2, 0.25) is 0 Å². The second kappa shape index (κ2) is 8.22. The number of ether oxygens (including phenoxy) is 1. The van der Waals surface area contributed by atoms with E-state index < -0.39 is 12.1 Å². The number of nitrogens with one attached hydrogen (secondary N) is 3. The standard InChI is InChI=1S/C14H17Cl2N3O3/c15-10-6-9(7-11(16)8-10)3-4-17-14(21)19-18-13(20)12-2-1-5-22-12/h6-8,12H,1-5H2,(H,18,20)(H2,17,19,21). The molecule has 3 amide bonds. The van der Waals surface area contributed by atoms with E-state index in [0.29, 0.717) is 36.0 Å². The molecule has 1 aliphatic heterocycles. The lowest BCUT2D eigenvalue weighted by Crippen LogP contribution is -2.50. The predicted octanol–water partition coefficient (Wildman–Crippen LogP) is 2.05. The van der Waals surface area contributed by atoms with Crippen molar-refractivity contribution in [2.45, 2.75) is 25.4 Å². The van der Waals surface area contributed by atoms with Crippen LogP contribution in [0, 0.1) is 0 Å². The summed E-state index contributed by atoms with van der Waals surface area (Å²) in [5.74, 6) is -0.339. The average Bonchev–Trinajstić information content (AvgIpc) is 2.98. The van der Waals surface area contributed by atoms with Gasteiger partial charge in [-0.3, -0.25) is 10.2 Å². The summed E-state index contributed by atoms with van der Waals surface area (Å²) in [5.41, 5.74) is 5.53. The molecule has 1 atom stereocenters. The lowest BCUT2D eigenvalue weighted by atomic mass is 10.1. The first-order valence-electron chi connectivity index (χ1n) is 6.95. The van der Waals surface area contributed by atoms with Crippen molar-refractivity contribution in [3.63, 3.8) is 0 Å². The minimum atomic E-state index is -0.487. The van der Waals surface area contributed by atoms with Crippen molar-refractivity contribution in [3.8, 4) is 0 Å². The highest BCUT2D eigenvalue weighted by molar-refractivity contribution is 6.34. The van der Waals surface area contributed by atoms with Crippen molar-refractivity contribution >= 4 is 35.1 Å². The highest BCUT2D eigenvalue weighted by atomic mass is 35.5. The van der Waals surface area contributed by atoms with Gasteiger partial charge < -0.3 is 10.1 Å². The van der Waals surface area contributed by atoms with E-state index in [1.807, 2.05) is 0 Å². The van der Waals surface area contributed by atoms with Crippen LogP contribution < -0.4 is 16.2 Å². The van der Waals surface area contributed by atoms with E-state index >= 15 is 0 Å². The summed E-state index contributed by atoms with van der Waals surface area (Å²) in [6, 6.07) is 4.73. The Hall–Kier alpha value is -1.50. The fourth-order valence-electron chi connectivity index (χ4n) is 2.10. The van der Waals surface area contributed by atoms with Gasteiger partial charge in [0.25, 0.3) is 5.91 Å². The van der Waals surface area contributed by atoms with Crippen molar-refractivity contribution < 1.29 is 14.3 Å². The SMILES string of the molecule is O=C(NCCc1cc(Cl)cc(Cl)c1)NNC(=O)C1CCCO1. The number of carbonyl (C=O) groups excluding carboxylic acids is 2. The molecule has 0 aliphatic carbocycles. The quantitative estimate of drug-likeness (QED) is 0.730. The molecule has 0 spiro atoms. The lowest BCUT2D eigenvalue weighted by Gasteiger charge is -2.12. The molecule has 120 valence electrons. The van der Waals surface area contributed by atoms with Gasteiger partial charge >= 0.3 is 6.03 Å². The molecule has 6 nitrogen and oxygen atoms in total. The third-order valence-electron chi connectivity index (χ3n) is 3.14. The summed E-state index contributed by atoms with van der Waals surface area (Å²) < 4.78 is 5.20. The van der Waals surface area contributed by atoms with Gasteiger partial charge in [-0.15, -0.1) is 0 Å². The maximum Gasteiger partial charge on any atom is 0.333 e. The molecule has 22 heavy (non-hydrogen) atoms. The van der Waals surface area contributed by atoms with Gasteiger partial charge in [-0.1, -0.05) is 23.2 Å². The number of hydrogen-bond acceptors (Lipinski definition) is 3. The normalized spacial score (nSPS) is 17.1. The molecule has 1 aromatic carbocycles. The summed E-state index contributed by atoms with van der Waals surface area (Å²) >= 11 is 11.8. The van der Waals surface area contributed by atoms with E-state index in [1.165, 1.54) is 0 Å². The summed E-state index contributed by atoms with van der Waals surface area (Å²) in [5, 5.41) is 3.73. The smallest absolute Gasteiger partial charge is 0.333 e. The number of amides is 3. The Bertz CT molecular complexity index is 528. The number of hydrogen-bond donors (Lipinski definition) is 3. The van der Waals surface area contributed by atoms with Crippen molar-refractivity contribution in [1.82, 2.24) is 16.2 Å². The minimum absolute atomic E-state index is 0.339. The van der Waals surface area contributed by atoms with E-state index in [-0.39, 0.29) is 5.91 Å². The first-order chi connectivity index (χ1) is 10.5. The van der Waals surface area contributed by atoms with Crippen LogP contribution in [0.4, 0.5) is 4.79 Å². The number of halogens is 2. The van der Waals surface area contributed by atoms with Gasteiger partial charge in [-0.2, -0.15) is 0 Å². The lowest BCUT2D eigenvalue weighted by molar-refractivity contribution is -0.130. The molecule has 1 aliphatic rings. The van der Waals surface area contributed by atoms with Crippen LogP contribution in [0.15, 0.2) is 18.2 Å². The van der Waals surface area contributed by atoms with Crippen LogP contribution in [0.1, 0.15) is 18.4 Å². The maximum absolute atomic E-state index is 11.6. The summed E-state index contributed by atoms with van der Waals surface area (Å²) in [4.78, 5) is 23.2. The molecule has 1 aromatic rings. The van der Waals surface area contributed by atoms with Gasteiger partial charge in [0.15, 0.2) is 0 Å². The third-order valence-corrected chi connectivity index (χ3v) is 3.58. The molecule has 3 N–H and O–H groups in total. The molecule has 1 fully saturated rings. The second-order valence-electron chi connectivity index (χ2n) is 4.90. The molecule has 1 heterocycles. The fourth-order valence-corrected chi connectivity index (χ4v) is 2.67. The number of benzene rings is 1. The van der Waals surface area contributed by atoms with Crippen LogP contribution in [-0.4, -0.2) is 31.2 Å². The van der Waals surface area contributed by atoms with E-state index in [4.69, 9.17) is 27.9 Å². The minimum Gasteiger partial charge on any atom is -0.368 e. The topological polar surface area (TPSA) is 79.5 Å². The molecular weight excluding hydrogens is 329 g/mol. The van der Waals surface area contributed by atoms with E-state index in [2.05, 4.69) is 16.2 Å². The molecule has 2 rings (SSSR count). The Labute approximate surface area is 138 Å². The molecule has 1 saturated heterocycles. The Morgan fingerprint density at radius 1 is 1.18 bits per heavy atom. The molecular formula is C14H17Cl2N3O3. The van der Waals surface area contributed by atoms with E-state index in [1.54, 1.807) is 18.2 Å². The highest BCUT2D eigenvalue weighted by Gasteiger charge is 2.23. The molecule has 0 bridgehead atoms. The highest BCUT2D eigenvalue weighted by Crippen LogP contribution is 2.19. The zero-order valence-corrected chi connectivity index (χ0v) is 13.3. The maximum atomic E-state index is 11.6. The first kappa shape index (κ1) is 16.9. The van der Waals surface area contributed by atoms with Crippen LogP contribution >= 0.6 is 23.2 Å². The number of rotatable bonds is 4. The van der Waals surface area contributed by atoms with Crippen molar-refractivity contribution in [3.05, 3.63) is 33.8 Å². The predicted molar refractivity (Wildman–Crippen MR) is 83.8 cm³/mol. The third kappa shape index (κ3) is 5.36. The fraction of sp³-hybridized carbons (Fsp3) is 0.429. The number of urea groups is 1. The van der Waals surface area contributed by atoms with Gasteiger partial charge in [-0.25, -0.2) is 10.2 Å².